The van der Waals surface area contributed by atoms with Crippen LogP contribution in [0.1, 0.15) is 28.8 Å². The van der Waals surface area contributed by atoms with Crippen molar-refractivity contribution >= 4 is 17.7 Å². The summed E-state index contributed by atoms with van der Waals surface area (Å²) in [7, 11) is 0. The molecule has 4 rings (SSSR count). The van der Waals surface area contributed by atoms with Crippen LogP contribution in [0, 0.1) is 0 Å². The molecule has 0 bridgehead atoms. The number of piperidine rings is 1. The predicted octanol–water partition coefficient (Wildman–Crippen LogP) is 3.57. The van der Waals surface area contributed by atoms with Crippen LogP contribution in [0.4, 0.5) is 0 Å². The van der Waals surface area contributed by atoms with Crippen molar-refractivity contribution in [2.75, 3.05) is 25.9 Å². The number of amides is 1. The molecule has 1 saturated heterocycles. The molecular formula is C21H24N2O2S. The molecule has 136 valence electrons. The average Bonchev–Trinajstić information content (AvgIpc) is 2.80. The lowest BCUT2D eigenvalue weighted by Gasteiger charge is -2.42. The highest BCUT2D eigenvalue weighted by Gasteiger charge is 2.40. The number of hydrogen-bond donors (Lipinski definition) is 1. The number of likely N-dealkylation sites (tertiary alicyclic amines) is 1. The van der Waals surface area contributed by atoms with E-state index in [0.717, 1.165) is 32.5 Å². The normalized spacial score (nSPS) is 23.0. The minimum atomic E-state index is -0.347. The summed E-state index contributed by atoms with van der Waals surface area (Å²) in [6.07, 6.45) is 4.13. The van der Waals surface area contributed by atoms with Gasteiger partial charge < -0.3 is 10.1 Å². The number of rotatable bonds is 3. The topological polar surface area (TPSA) is 41.6 Å². The predicted molar refractivity (Wildman–Crippen MR) is 105 cm³/mol. The van der Waals surface area contributed by atoms with Gasteiger partial charge >= 0.3 is 0 Å². The Morgan fingerprint density at radius 1 is 1.19 bits per heavy atom. The number of thioether (sulfide) groups is 1. The molecule has 2 heterocycles. The maximum absolute atomic E-state index is 12.4. The first kappa shape index (κ1) is 17.4. The first-order valence-corrected chi connectivity index (χ1v) is 10.3. The van der Waals surface area contributed by atoms with Crippen LogP contribution < -0.4 is 10.1 Å². The van der Waals surface area contributed by atoms with Gasteiger partial charge in [0.1, 0.15) is 11.4 Å². The number of hydrogen-bond acceptors (Lipinski definition) is 4. The van der Waals surface area contributed by atoms with Gasteiger partial charge in [-0.25, -0.2) is 0 Å². The van der Waals surface area contributed by atoms with Crippen LogP contribution >= 0.6 is 11.8 Å². The van der Waals surface area contributed by atoms with Gasteiger partial charge in [-0.1, -0.05) is 24.3 Å². The van der Waals surface area contributed by atoms with E-state index >= 15 is 0 Å². The zero-order chi connectivity index (χ0) is 18.0. The van der Waals surface area contributed by atoms with Crippen LogP contribution in [0.5, 0.6) is 5.75 Å². The van der Waals surface area contributed by atoms with Crippen molar-refractivity contribution in [3.05, 3.63) is 59.7 Å². The van der Waals surface area contributed by atoms with E-state index in [9.17, 15) is 4.79 Å². The summed E-state index contributed by atoms with van der Waals surface area (Å²) < 4.78 is 6.43. The van der Waals surface area contributed by atoms with E-state index in [-0.39, 0.29) is 11.5 Å². The number of para-hydroxylation sites is 1. The third-order valence-corrected chi connectivity index (χ3v) is 5.96. The fraction of sp³-hybridized carbons (Fsp3) is 0.381. The van der Waals surface area contributed by atoms with E-state index in [1.54, 1.807) is 11.8 Å². The maximum Gasteiger partial charge on any atom is 0.255 e. The second-order valence-corrected chi connectivity index (χ2v) is 8.01. The highest BCUT2D eigenvalue weighted by atomic mass is 32.2. The van der Waals surface area contributed by atoms with E-state index < -0.39 is 0 Å². The van der Waals surface area contributed by atoms with Crippen molar-refractivity contribution in [2.24, 2.45) is 0 Å². The molecule has 4 nitrogen and oxygen atoms in total. The van der Waals surface area contributed by atoms with E-state index in [2.05, 4.69) is 40.7 Å². The fourth-order valence-electron chi connectivity index (χ4n) is 3.89. The molecule has 2 aliphatic rings. The molecule has 0 aliphatic carbocycles. The van der Waals surface area contributed by atoms with Crippen LogP contribution in [0.15, 0.2) is 53.4 Å². The van der Waals surface area contributed by atoms with Crippen molar-refractivity contribution in [1.29, 1.82) is 0 Å². The molecule has 0 unspecified atom stereocenters. The molecule has 5 heteroatoms. The number of benzene rings is 2. The van der Waals surface area contributed by atoms with Crippen molar-refractivity contribution < 1.29 is 9.53 Å². The third kappa shape index (κ3) is 3.60. The number of carbonyl (C=O) groups excluding carboxylic acids is 1. The molecule has 1 spiro atoms. The van der Waals surface area contributed by atoms with E-state index in [1.807, 2.05) is 24.3 Å². The van der Waals surface area contributed by atoms with Gasteiger partial charge in [0.15, 0.2) is 0 Å². The third-order valence-electron chi connectivity index (χ3n) is 5.21. The number of nitrogens with zero attached hydrogens (tertiary/aromatic N) is 1. The lowest BCUT2D eigenvalue weighted by molar-refractivity contribution is -0.00705. The monoisotopic (exact) mass is 368 g/mol. The Morgan fingerprint density at radius 3 is 2.81 bits per heavy atom. The maximum atomic E-state index is 12.4. The number of carbonyl (C=O) groups is 1. The second-order valence-electron chi connectivity index (χ2n) is 7.13. The minimum absolute atomic E-state index is 0.0396. The highest BCUT2D eigenvalue weighted by Crippen LogP contribution is 2.32. The molecule has 2 aromatic carbocycles. The standard InChI is InChI=1S/C21H24N2O2S/c1-26-17-9-7-16(8-10-17)13-23-12-4-11-21(15-23)14-22-20(24)18-5-2-3-6-19(18)25-21/h2-3,5-10H,4,11-15H2,1H3,(H,22,24)/t21-/m0/s1. The van der Waals surface area contributed by atoms with Crippen molar-refractivity contribution in [3.8, 4) is 5.75 Å². The van der Waals surface area contributed by atoms with Gasteiger partial charge in [0, 0.05) is 18.0 Å². The van der Waals surface area contributed by atoms with Gasteiger partial charge in [-0.15, -0.1) is 11.8 Å². The molecule has 26 heavy (non-hydrogen) atoms. The molecule has 1 N–H and O–H groups in total. The largest absolute Gasteiger partial charge is 0.483 e. The Hall–Kier alpha value is -1.98. The van der Waals surface area contributed by atoms with E-state index in [4.69, 9.17) is 4.74 Å². The van der Waals surface area contributed by atoms with Gasteiger partial charge in [-0.05, 0) is 55.5 Å². The summed E-state index contributed by atoms with van der Waals surface area (Å²) in [5.41, 5.74) is 1.60. The Kier molecular flexibility index (Phi) is 4.92. The number of fused-ring (bicyclic) bond motifs is 1. The Labute approximate surface area is 158 Å². The summed E-state index contributed by atoms with van der Waals surface area (Å²) in [5.74, 6) is 0.663. The van der Waals surface area contributed by atoms with E-state index in [1.165, 1.54) is 10.5 Å². The van der Waals surface area contributed by atoms with Gasteiger partial charge in [-0.3, -0.25) is 9.69 Å². The van der Waals surface area contributed by atoms with Gasteiger partial charge in [0.05, 0.1) is 12.1 Å². The minimum Gasteiger partial charge on any atom is -0.483 e. The molecule has 0 aromatic heterocycles. The molecule has 0 saturated carbocycles. The fourth-order valence-corrected chi connectivity index (χ4v) is 4.30. The van der Waals surface area contributed by atoms with Crippen LogP contribution in [0.3, 0.4) is 0 Å². The molecule has 0 radical (unpaired) electrons. The van der Waals surface area contributed by atoms with Gasteiger partial charge in [0.2, 0.25) is 0 Å². The van der Waals surface area contributed by atoms with Gasteiger partial charge in [0.25, 0.3) is 5.91 Å². The van der Waals surface area contributed by atoms with Gasteiger partial charge in [-0.2, -0.15) is 0 Å². The SMILES string of the molecule is CSc1ccc(CN2CCC[C@]3(CNC(=O)c4ccccc4O3)C2)cc1. The summed E-state index contributed by atoms with van der Waals surface area (Å²) in [4.78, 5) is 16.1. The van der Waals surface area contributed by atoms with Crippen molar-refractivity contribution in [1.82, 2.24) is 10.2 Å². The van der Waals surface area contributed by atoms with Crippen LogP contribution in [0.25, 0.3) is 0 Å². The summed E-state index contributed by atoms with van der Waals surface area (Å²) in [6.45, 7) is 3.36. The first-order valence-electron chi connectivity index (χ1n) is 9.09. The summed E-state index contributed by atoms with van der Waals surface area (Å²) in [6, 6.07) is 16.3. The molecule has 1 atom stereocenters. The highest BCUT2D eigenvalue weighted by molar-refractivity contribution is 7.98. The summed E-state index contributed by atoms with van der Waals surface area (Å²) in [5, 5.41) is 3.07. The molecule has 1 amide bonds. The smallest absolute Gasteiger partial charge is 0.255 e. The molecule has 1 fully saturated rings. The average molecular weight is 369 g/mol. The lowest BCUT2D eigenvalue weighted by atomic mass is 9.92. The molecular weight excluding hydrogens is 344 g/mol. The lowest BCUT2D eigenvalue weighted by Crippen LogP contribution is -2.56. The first-order chi connectivity index (χ1) is 12.7. The van der Waals surface area contributed by atoms with Crippen molar-refractivity contribution in [2.45, 2.75) is 29.9 Å². The number of ether oxygens (including phenoxy) is 1. The Morgan fingerprint density at radius 2 is 2.00 bits per heavy atom. The van der Waals surface area contributed by atoms with Crippen LogP contribution in [-0.4, -0.2) is 42.3 Å². The quantitative estimate of drug-likeness (QED) is 0.841. The Bertz CT molecular complexity index is 793. The Balaban J connectivity index is 1.51. The zero-order valence-corrected chi connectivity index (χ0v) is 15.8. The molecule has 2 aliphatic heterocycles. The number of nitrogens with one attached hydrogen (secondary N) is 1. The second kappa shape index (κ2) is 7.33. The molecule has 2 aromatic rings. The summed E-state index contributed by atoms with van der Waals surface area (Å²) >= 11 is 1.76. The van der Waals surface area contributed by atoms with Crippen molar-refractivity contribution in [3.63, 3.8) is 0 Å². The van der Waals surface area contributed by atoms with E-state index in [0.29, 0.717) is 17.9 Å². The zero-order valence-electron chi connectivity index (χ0n) is 15.0. The van der Waals surface area contributed by atoms with Crippen LogP contribution in [-0.2, 0) is 6.54 Å². The van der Waals surface area contributed by atoms with Crippen LogP contribution in [0.2, 0.25) is 0 Å².